The van der Waals surface area contributed by atoms with Crippen LogP contribution in [-0.4, -0.2) is 13.3 Å². The molecule has 0 aliphatic carbocycles. The zero-order valence-corrected chi connectivity index (χ0v) is 19.2. The van der Waals surface area contributed by atoms with E-state index in [1.807, 2.05) is 6.07 Å². The topological polar surface area (TPSA) is 9.23 Å². The first-order chi connectivity index (χ1) is 15.2. The van der Waals surface area contributed by atoms with E-state index in [9.17, 15) is 0 Å². The largest absolute Gasteiger partial charge is 0.497 e. The predicted octanol–water partition coefficient (Wildman–Crippen LogP) is 6.18. The molecule has 1 unspecified atom stereocenters. The van der Waals surface area contributed by atoms with Gasteiger partial charge < -0.3 is 4.74 Å². The highest BCUT2D eigenvalue weighted by atomic mass is 31.2. The highest BCUT2D eigenvalue weighted by Crippen LogP contribution is 2.56. The number of hydrogen-bond acceptors (Lipinski definition) is 1. The van der Waals surface area contributed by atoms with Gasteiger partial charge in [0.2, 0.25) is 0 Å². The van der Waals surface area contributed by atoms with E-state index in [-0.39, 0.29) is 0 Å². The fourth-order valence-electron chi connectivity index (χ4n) is 4.38. The number of methoxy groups -OCH3 is 1. The average molecular weight is 426 g/mol. The van der Waals surface area contributed by atoms with Crippen LogP contribution >= 0.6 is 7.26 Å². The Labute approximate surface area is 187 Å². The molecule has 156 valence electrons. The standard InChI is InChI=1S/C29H30OP/c1-24(25-13-12-14-26(23-25)30-2)21-22-31(27-15-6-3-7-16-27,28-17-8-4-9-18-28)29-19-10-5-11-20-29/h3-20,23-24H,21-22H2,1-2H3/q+1. The van der Waals surface area contributed by atoms with Crippen LogP contribution in [0.5, 0.6) is 5.75 Å². The zero-order chi connectivity index (χ0) is 21.5. The first-order valence-electron chi connectivity index (χ1n) is 10.9. The van der Waals surface area contributed by atoms with Gasteiger partial charge in [-0.1, -0.05) is 73.7 Å². The number of rotatable bonds is 8. The Morgan fingerprint density at radius 3 is 1.58 bits per heavy atom. The van der Waals surface area contributed by atoms with Crippen molar-refractivity contribution in [2.75, 3.05) is 13.3 Å². The highest BCUT2D eigenvalue weighted by molar-refractivity contribution is 7.95. The van der Waals surface area contributed by atoms with Crippen LogP contribution in [0, 0.1) is 0 Å². The molecule has 2 heteroatoms. The van der Waals surface area contributed by atoms with Crippen LogP contribution < -0.4 is 20.7 Å². The summed E-state index contributed by atoms with van der Waals surface area (Å²) < 4.78 is 5.47. The van der Waals surface area contributed by atoms with Crippen LogP contribution in [0.15, 0.2) is 115 Å². The van der Waals surface area contributed by atoms with Crippen molar-refractivity contribution in [3.63, 3.8) is 0 Å². The normalized spacial score (nSPS) is 12.3. The third-order valence-corrected chi connectivity index (χ3v) is 10.6. The molecular weight excluding hydrogens is 395 g/mol. The molecule has 1 nitrogen and oxygen atoms in total. The van der Waals surface area contributed by atoms with Crippen molar-refractivity contribution in [3.8, 4) is 5.75 Å². The molecule has 0 aliphatic heterocycles. The van der Waals surface area contributed by atoms with Crippen molar-refractivity contribution >= 4 is 23.2 Å². The second-order valence-corrected chi connectivity index (χ2v) is 11.6. The van der Waals surface area contributed by atoms with Gasteiger partial charge in [-0.2, -0.15) is 0 Å². The lowest BCUT2D eigenvalue weighted by Gasteiger charge is -2.29. The van der Waals surface area contributed by atoms with Gasteiger partial charge >= 0.3 is 0 Å². The van der Waals surface area contributed by atoms with Gasteiger partial charge in [0.15, 0.2) is 0 Å². The Kier molecular flexibility index (Phi) is 6.85. The summed E-state index contributed by atoms with van der Waals surface area (Å²) in [5, 5.41) is 4.35. The third kappa shape index (κ3) is 4.58. The SMILES string of the molecule is COc1cccc(C(C)CC[P+](c2ccccc2)(c2ccccc2)c2ccccc2)c1. The molecular formula is C29H30OP+. The maximum absolute atomic E-state index is 5.47. The van der Waals surface area contributed by atoms with Crippen LogP contribution in [0.2, 0.25) is 0 Å². The van der Waals surface area contributed by atoms with Gasteiger partial charge in [0.05, 0.1) is 13.3 Å². The van der Waals surface area contributed by atoms with Crippen molar-refractivity contribution in [2.45, 2.75) is 19.3 Å². The minimum Gasteiger partial charge on any atom is -0.497 e. The number of benzene rings is 4. The van der Waals surface area contributed by atoms with E-state index < -0.39 is 7.26 Å². The molecule has 0 spiro atoms. The quantitative estimate of drug-likeness (QED) is 0.306. The molecule has 0 N–H and O–H groups in total. The third-order valence-electron chi connectivity index (χ3n) is 6.15. The summed E-state index contributed by atoms with van der Waals surface area (Å²) in [6, 6.07) is 41.9. The Bertz CT molecular complexity index is 981. The molecule has 0 fully saturated rings. The van der Waals surface area contributed by atoms with Gasteiger partial charge in [0.1, 0.15) is 28.9 Å². The van der Waals surface area contributed by atoms with Crippen LogP contribution in [0.1, 0.15) is 24.8 Å². The van der Waals surface area contributed by atoms with Crippen LogP contribution in [0.4, 0.5) is 0 Å². The molecule has 31 heavy (non-hydrogen) atoms. The molecule has 0 saturated carbocycles. The Morgan fingerprint density at radius 1 is 0.645 bits per heavy atom. The monoisotopic (exact) mass is 425 g/mol. The molecule has 0 radical (unpaired) electrons. The Morgan fingerprint density at radius 2 is 1.13 bits per heavy atom. The molecule has 4 rings (SSSR count). The number of ether oxygens (including phenoxy) is 1. The lowest BCUT2D eigenvalue weighted by molar-refractivity contribution is 0.414. The molecule has 0 bridgehead atoms. The summed E-state index contributed by atoms with van der Waals surface area (Å²) >= 11 is 0. The molecule has 0 aromatic heterocycles. The number of hydrogen-bond donors (Lipinski definition) is 0. The van der Waals surface area contributed by atoms with Crippen molar-refractivity contribution in [1.82, 2.24) is 0 Å². The van der Waals surface area contributed by atoms with E-state index in [0.717, 1.165) is 18.3 Å². The van der Waals surface area contributed by atoms with E-state index in [1.165, 1.54) is 21.5 Å². The summed E-state index contributed by atoms with van der Waals surface area (Å²) in [4.78, 5) is 0. The first-order valence-corrected chi connectivity index (χ1v) is 12.9. The Balaban J connectivity index is 1.78. The molecule has 0 amide bonds. The molecule has 0 heterocycles. The van der Waals surface area contributed by atoms with Crippen LogP contribution in [-0.2, 0) is 0 Å². The van der Waals surface area contributed by atoms with Gasteiger partial charge in [0, 0.05) is 0 Å². The summed E-state index contributed by atoms with van der Waals surface area (Å²) in [6.07, 6.45) is 2.24. The first kappa shape index (κ1) is 21.3. The van der Waals surface area contributed by atoms with E-state index in [1.54, 1.807) is 7.11 Å². The fraction of sp³-hybridized carbons (Fsp3) is 0.172. The predicted molar refractivity (Wildman–Crippen MR) is 136 cm³/mol. The summed E-state index contributed by atoms with van der Waals surface area (Å²) in [6.45, 7) is 2.34. The molecule has 1 atom stereocenters. The van der Waals surface area contributed by atoms with Gasteiger partial charge in [-0.15, -0.1) is 0 Å². The highest BCUT2D eigenvalue weighted by Gasteiger charge is 2.44. The summed E-state index contributed by atoms with van der Waals surface area (Å²) in [5.41, 5.74) is 1.34. The van der Waals surface area contributed by atoms with Crippen LogP contribution in [0.25, 0.3) is 0 Å². The molecule has 0 aliphatic rings. The lowest BCUT2D eigenvalue weighted by Crippen LogP contribution is -2.33. The smallest absolute Gasteiger partial charge is 0.119 e. The summed E-state index contributed by atoms with van der Waals surface area (Å²) in [5.74, 6) is 1.38. The van der Waals surface area contributed by atoms with E-state index >= 15 is 0 Å². The van der Waals surface area contributed by atoms with Crippen molar-refractivity contribution in [3.05, 3.63) is 121 Å². The van der Waals surface area contributed by atoms with Gasteiger partial charge in [-0.3, -0.25) is 0 Å². The second kappa shape index (κ2) is 9.94. The maximum Gasteiger partial charge on any atom is 0.119 e. The van der Waals surface area contributed by atoms with Crippen molar-refractivity contribution in [1.29, 1.82) is 0 Å². The Hall–Kier alpha value is -2.89. The summed E-state index contributed by atoms with van der Waals surface area (Å²) in [7, 11) is -0.0410. The van der Waals surface area contributed by atoms with Gasteiger partial charge in [0.25, 0.3) is 0 Å². The lowest BCUT2D eigenvalue weighted by atomic mass is 9.98. The van der Waals surface area contributed by atoms with E-state index in [4.69, 9.17) is 4.74 Å². The average Bonchev–Trinajstić information content (AvgIpc) is 2.86. The minimum atomic E-state index is -1.78. The van der Waals surface area contributed by atoms with Gasteiger partial charge in [-0.25, -0.2) is 0 Å². The zero-order valence-electron chi connectivity index (χ0n) is 18.3. The van der Waals surface area contributed by atoms with Crippen molar-refractivity contribution in [2.24, 2.45) is 0 Å². The van der Waals surface area contributed by atoms with E-state index in [0.29, 0.717) is 5.92 Å². The minimum absolute atomic E-state index is 0.450. The second-order valence-electron chi connectivity index (χ2n) is 8.01. The molecule has 0 saturated heterocycles. The van der Waals surface area contributed by atoms with Crippen molar-refractivity contribution < 1.29 is 4.74 Å². The molecule has 4 aromatic rings. The molecule has 4 aromatic carbocycles. The maximum atomic E-state index is 5.47. The fourth-order valence-corrected chi connectivity index (χ4v) is 8.87. The van der Waals surface area contributed by atoms with Crippen LogP contribution in [0.3, 0.4) is 0 Å². The van der Waals surface area contributed by atoms with Gasteiger partial charge in [-0.05, 0) is 66.4 Å². The van der Waals surface area contributed by atoms with E-state index in [2.05, 4.69) is 116 Å².